The van der Waals surface area contributed by atoms with Crippen LogP contribution in [0.25, 0.3) is 0 Å². The van der Waals surface area contributed by atoms with Gasteiger partial charge in [0.25, 0.3) is 0 Å². The number of benzene rings is 2. The second-order valence-electron chi connectivity index (χ2n) is 4.97. The molecule has 134 valence electrons. The third-order valence-electron chi connectivity index (χ3n) is 3.14. The molecule has 0 saturated carbocycles. The van der Waals surface area contributed by atoms with Crippen LogP contribution in [0.15, 0.2) is 58.1 Å². The van der Waals surface area contributed by atoms with Crippen molar-refractivity contribution < 1.29 is 19.1 Å². The number of ether oxygens (including phenoxy) is 1. The molecule has 2 amide bonds. The van der Waals surface area contributed by atoms with Gasteiger partial charge in [-0.1, -0.05) is 34.1 Å². The fourth-order valence-corrected chi connectivity index (χ4v) is 2.27. The Bertz CT molecular complexity index is 835. The number of halogens is 1. The van der Waals surface area contributed by atoms with E-state index in [1.807, 2.05) is 18.2 Å². The molecule has 2 aromatic carbocycles. The molecule has 26 heavy (non-hydrogen) atoms. The molecule has 0 saturated heterocycles. The lowest BCUT2D eigenvalue weighted by atomic mass is 10.2. The molecule has 0 radical (unpaired) electrons. The molecule has 2 aromatic rings. The van der Waals surface area contributed by atoms with E-state index in [1.165, 1.54) is 30.5 Å². The monoisotopic (exact) mass is 417 g/mol. The maximum Gasteiger partial charge on any atom is 0.338 e. The number of hydrogen-bond acceptors (Lipinski definition) is 5. The third-order valence-corrected chi connectivity index (χ3v) is 3.86. The van der Waals surface area contributed by atoms with Gasteiger partial charge >= 0.3 is 17.8 Å². The maximum absolute atomic E-state index is 11.8. The summed E-state index contributed by atoms with van der Waals surface area (Å²) >= 11 is 3.35. The van der Waals surface area contributed by atoms with E-state index < -0.39 is 17.8 Å². The molecule has 7 nitrogen and oxygen atoms in total. The number of hydrogen-bond donors (Lipinski definition) is 2. The largest absolute Gasteiger partial charge is 0.462 e. The van der Waals surface area contributed by atoms with Crippen LogP contribution in [0.2, 0.25) is 0 Å². The van der Waals surface area contributed by atoms with Gasteiger partial charge in [0.05, 0.1) is 18.4 Å². The van der Waals surface area contributed by atoms with E-state index >= 15 is 0 Å². The Morgan fingerprint density at radius 2 is 1.77 bits per heavy atom. The zero-order chi connectivity index (χ0) is 18.9. The average molecular weight is 418 g/mol. The highest BCUT2D eigenvalue weighted by molar-refractivity contribution is 9.10. The van der Waals surface area contributed by atoms with Crippen molar-refractivity contribution in [3.05, 3.63) is 64.1 Å². The Labute approximate surface area is 158 Å². The van der Waals surface area contributed by atoms with Crippen molar-refractivity contribution in [1.82, 2.24) is 5.43 Å². The Morgan fingerprint density at radius 3 is 2.42 bits per heavy atom. The van der Waals surface area contributed by atoms with Crippen LogP contribution >= 0.6 is 15.9 Å². The Hall–Kier alpha value is -3.00. The van der Waals surface area contributed by atoms with E-state index in [9.17, 15) is 14.4 Å². The van der Waals surface area contributed by atoms with Crippen LogP contribution in [-0.4, -0.2) is 30.6 Å². The normalized spacial score (nSPS) is 10.4. The first-order chi connectivity index (χ1) is 12.5. The van der Waals surface area contributed by atoms with E-state index in [-0.39, 0.29) is 6.61 Å². The molecule has 0 aromatic heterocycles. The number of rotatable bonds is 5. The summed E-state index contributed by atoms with van der Waals surface area (Å²) in [4.78, 5) is 35.2. The van der Waals surface area contributed by atoms with Gasteiger partial charge in [0, 0.05) is 15.7 Å². The average Bonchev–Trinajstić information content (AvgIpc) is 2.64. The molecule has 0 aliphatic heterocycles. The van der Waals surface area contributed by atoms with Gasteiger partial charge in [-0.2, -0.15) is 5.10 Å². The van der Waals surface area contributed by atoms with Crippen molar-refractivity contribution in [1.29, 1.82) is 0 Å². The van der Waals surface area contributed by atoms with Crippen LogP contribution in [0.1, 0.15) is 22.8 Å². The number of carbonyl (C=O) groups is 3. The fourth-order valence-electron chi connectivity index (χ4n) is 1.88. The molecule has 0 aliphatic rings. The van der Waals surface area contributed by atoms with Gasteiger partial charge in [0.2, 0.25) is 0 Å². The van der Waals surface area contributed by atoms with E-state index in [0.29, 0.717) is 11.3 Å². The molecule has 2 N–H and O–H groups in total. The molecule has 0 atom stereocenters. The highest BCUT2D eigenvalue weighted by atomic mass is 79.9. The van der Waals surface area contributed by atoms with E-state index in [2.05, 4.69) is 31.8 Å². The predicted molar refractivity (Wildman–Crippen MR) is 101 cm³/mol. The van der Waals surface area contributed by atoms with Crippen LogP contribution in [0, 0.1) is 0 Å². The van der Waals surface area contributed by atoms with E-state index in [1.54, 1.807) is 13.0 Å². The van der Waals surface area contributed by atoms with Crippen molar-refractivity contribution in [2.75, 3.05) is 11.9 Å². The second kappa shape index (κ2) is 9.47. The number of nitrogens with one attached hydrogen (secondary N) is 2. The molecule has 0 fully saturated rings. The summed E-state index contributed by atoms with van der Waals surface area (Å²) in [5.74, 6) is -2.24. The molecule has 0 unspecified atom stereocenters. The Balaban J connectivity index is 1.89. The summed E-state index contributed by atoms with van der Waals surface area (Å²) in [6, 6.07) is 13.3. The van der Waals surface area contributed by atoms with Gasteiger partial charge in [-0.25, -0.2) is 10.2 Å². The van der Waals surface area contributed by atoms with Gasteiger partial charge in [-0.3, -0.25) is 9.59 Å². The Kier molecular flexibility index (Phi) is 7.04. The second-order valence-corrected chi connectivity index (χ2v) is 5.83. The van der Waals surface area contributed by atoms with Crippen LogP contribution in [0.5, 0.6) is 0 Å². The number of esters is 1. The van der Waals surface area contributed by atoms with Gasteiger partial charge in [-0.05, 0) is 37.3 Å². The quantitative estimate of drug-likeness (QED) is 0.338. The number of amides is 2. The third kappa shape index (κ3) is 5.52. The lowest BCUT2D eigenvalue weighted by molar-refractivity contribution is -0.136. The number of anilines is 1. The highest BCUT2D eigenvalue weighted by Crippen LogP contribution is 2.13. The molecular weight excluding hydrogens is 402 g/mol. The number of carbonyl (C=O) groups excluding carboxylic acids is 3. The van der Waals surface area contributed by atoms with E-state index in [0.717, 1.165) is 10.0 Å². The molecule has 0 heterocycles. The lowest BCUT2D eigenvalue weighted by Gasteiger charge is -2.05. The van der Waals surface area contributed by atoms with Gasteiger partial charge in [0.1, 0.15) is 0 Å². The van der Waals surface area contributed by atoms with Crippen LogP contribution in [-0.2, 0) is 14.3 Å². The van der Waals surface area contributed by atoms with Crippen LogP contribution in [0.4, 0.5) is 5.69 Å². The first-order valence-corrected chi connectivity index (χ1v) is 8.46. The maximum atomic E-state index is 11.8. The first kappa shape index (κ1) is 19.3. The Morgan fingerprint density at radius 1 is 1.08 bits per heavy atom. The molecule has 8 heteroatoms. The summed E-state index contributed by atoms with van der Waals surface area (Å²) in [6.07, 6.45) is 1.42. The minimum atomic E-state index is -0.914. The smallest absolute Gasteiger partial charge is 0.338 e. The zero-order valence-electron chi connectivity index (χ0n) is 13.9. The van der Waals surface area contributed by atoms with Crippen LogP contribution in [0.3, 0.4) is 0 Å². The SMILES string of the molecule is CCOC(=O)c1ccc(NC(=O)C(=O)N/N=C\c2ccccc2Br)cc1. The van der Waals surface area contributed by atoms with Gasteiger partial charge < -0.3 is 10.1 Å². The summed E-state index contributed by atoms with van der Waals surface area (Å²) in [5.41, 5.74) is 3.62. The lowest BCUT2D eigenvalue weighted by Crippen LogP contribution is -2.32. The summed E-state index contributed by atoms with van der Waals surface area (Å²) in [6.45, 7) is 1.99. The highest BCUT2D eigenvalue weighted by Gasteiger charge is 2.13. The van der Waals surface area contributed by atoms with Crippen molar-refractivity contribution in [3.63, 3.8) is 0 Å². The van der Waals surface area contributed by atoms with Gasteiger partial charge in [-0.15, -0.1) is 0 Å². The number of nitrogens with zero attached hydrogens (tertiary/aromatic N) is 1. The van der Waals surface area contributed by atoms with E-state index in [4.69, 9.17) is 4.74 Å². The molecule has 0 spiro atoms. The molecular formula is C18H16BrN3O4. The fraction of sp³-hybridized carbons (Fsp3) is 0.111. The van der Waals surface area contributed by atoms with Crippen molar-refractivity contribution in [2.24, 2.45) is 5.10 Å². The van der Waals surface area contributed by atoms with Crippen LogP contribution < -0.4 is 10.7 Å². The van der Waals surface area contributed by atoms with Crippen molar-refractivity contribution in [3.8, 4) is 0 Å². The minimum absolute atomic E-state index is 0.275. The number of hydrazone groups is 1. The summed E-state index contributed by atoms with van der Waals surface area (Å²) < 4.78 is 5.68. The zero-order valence-corrected chi connectivity index (χ0v) is 15.4. The van der Waals surface area contributed by atoms with Crippen molar-refractivity contribution >= 4 is 45.6 Å². The summed E-state index contributed by atoms with van der Waals surface area (Å²) in [7, 11) is 0. The molecule has 0 aliphatic carbocycles. The van der Waals surface area contributed by atoms with Gasteiger partial charge in [0.15, 0.2) is 0 Å². The van der Waals surface area contributed by atoms with Crippen molar-refractivity contribution in [2.45, 2.75) is 6.92 Å². The minimum Gasteiger partial charge on any atom is -0.462 e. The standard InChI is InChI=1S/C18H16BrN3O4/c1-2-26-18(25)12-7-9-14(10-8-12)21-16(23)17(24)22-20-11-13-5-3-4-6-15(13)19/h3-11H,2H2,1H3,(H,21,23)(H,22,24)/b20-11-. The molecule has 2 rings (SSSR count). The first-order valence-electron chi connectivity index (χ1n) is 7.67. The summed E-state index contributed by atoms with van der Waals surface area (Å²) in [5, 5.41) is 6.16. The predicted octanol–water partition coefficient (Wildman–Crippen LogP) is 2.71. The molecule has 0 bridgehead atoms. The topological polar surface area (TPSA) is 96.9 Å².